The van der Waals surface area contributed by atoms with E-state index in [0.29, 0.717) is 11.6 Å². The molecule has 0 saturated carbocycles. The number of rotatable bonds is 2. The molecule has 1 aliphatic rings. The first-order valence-corrected chi connectivity index (χ1v) is 6.72. The highest BCUT2D eigenvalue weighted by Gasteiger charge is 2.38. The minimum atomic E-state index is -0.319. The van der Waals surface area contributed by atoms with Crippen molar-refractivity contribution >= 4 is 5.91 Å². The van der Waals surface area contributed by atoms with Crippen molar-refractivity contribution in [2.45, 2.75) is 39.3 Å². The van der Waals surface area contributed by atoms with E-state index < -0.39 is 0 Å². The molecule has 0 aliphatic carbocycles. The van der Waals surface area contributed by atoms with Gasteiger partial charge in [0.05, 0.1) is 5.92 Å². The summed E-state index contributed by atoms with van der Waals surface area (Å²) in [6, 6.07) is 5.08. The fraction of sp³-hybridized carbons (Fsp3) is 0.533. The SMILES string of the molecule is Cc1c(F)cccc1C1NC(C)CC(C)C1C(N)=O. The zero-order chi connectivity index (χ0) is 14.2. The molecule has 1 aromatic rings. The number of nitrogens with two attached hydrogens (primary N) is 1. The summed E-state index contributed by atoms with van der Waals surface area (Å²) in [6.07, 6.45) is 0.901. The summed E-state index contributed by atoms with van der Waals surface area (Å²) < 4.78 is 13.7. The molecule has 2 rings (SSSR count). The average molecular weight is 264 g/mol. The second-order valence-electron chi connectivity index (χ2n) is 5.64. The van der Waals surface area contributed by atoms with Crippen molar-refractivity contribution in [1.29, 1.82) is 0 Å². The predicted octanol–water partition coefficient (Wildman–Crippen LogP) is 2.29. The van der Waals surface area contributed by atoms with Gasteiger partial charge in [0.15, 0.2) is 0 Å². The molecule has 1 heterocycles. The van der Waals surface area contributed by atoms with Crippen molar-refractivity contribution in [2.75, 3.05) is 0 Å². The van der Waals surface area contributed by atoms with Crippen molar-refractivity contribution < 1.29 is 9.18 Å². The number of carbonyl (C=O) groups excluding carboxylic acids is 1. The van der Waals surface area contributed by atoms with Gasteiger partial charge in [0.1, 0.15) is 5.82 Å². The van der Waals surface area contributed by atoms with Crippen molar-refractivity contribution in [3.63, 3.8) is 0 Å². The lowest BCUT2D eigenvalue weighted by Gasteiger charge is -2.40. The van der Waals surface area contributed by atoms with E-state index in [2.05, 4.69) is 12.2 Å². The highest BCUT2D eigenvalue weighted by Crippen LogP contribution is 2.37. The van der Waals surface area contributed by atoms with Crippen LogP contribution in [0.4, 0.5) is 4.39 Å². The van der Waals surface area contributed by atoms with Gasteiger partial charge in [-0.15, -0.1) is 0 Å². The highest BCUT2D eigenvalue weighted by molar-refractivity contribution is 5.78. The first-order valence-electron chi connectivity index (χ1n) is 6.72. The van der Waals surface area contributed by atoms with E-state index in [-0.39, 0.29) is 29.6 Å². The quantitative estimate of drug-likeness (QED) is 0.861. The molecule has 4 heteroatoms. The molecule has 104 valence electrons. The second kappa shape index (κ2) is 5.29. The maximum Gasteiger partial charge on any atom is 0.222 e. The standard InChI is InChI=1S/C15H21FN2O/c1-8-7-9(2)18-14(13(8)15(17)19)11-5-4-6-12(16)10(11)3/h4-6,8-9,13-14,18H,7H2,1-3H3,(H2,17,19). The second-order valence-corrected chi connectivity index (χ2v) is 5.64. The van der Waals surface area contributed by atoms with Crippen LogP contribution in [0.25, 0.3) is 0 Å². The Hall–Kier alpha value is -1.42. The fourth-order valence-electron chi connectivity index (χ4n) is 3.20. The van der Waals surface area contributed by atoms with Gasteiger partial charge in [-0.05, 0) is 43.4 Å². The lowest BCUT2D eigenvalue weighted by Crippen LogP contribution is -2.49. The normalized spacial score (nSPS) is 31.2. The Morgan fingerprint density at radius 2 is 2.11 bits per heavy atom. The van der Waals surface area contributed by atoms with Gasteiger partial charge in [0, 0.05) is 12.1 Å². The van der Waals surface area contributed by atoms with E-state index in [1.165, 1.54) is 6.07 Å². The van der Waals surface area contributed by atoms with Crippen molar-refractivity contribution in [3.05, 3.63) is 35.1 Å². The molecule has 0 radical (unpaired) electrons. The van der Waals surface area contributed by atoms with Crippen LogP contribution in [0.2, 0.25) is 0 Å². The van der Waals surface area contributed by atoms with E-state index in [1.54, 1.807) is 13.0 Å². The topological polar surface area (TPSA) is 55.1 Å². The zero-order valence-corrected chi connectivity index (χ0v) is 11.6. The monoisotopic (exact) mass is 264 g/mol. The van der Waals surface area contributed by atoms with E-state index in [1.807, 2.05) is 13.0 Å². The van der Waals surface area contributed by atoms with Crippen LogP contribution in [-0.4, -0.2) is 11.9 Å². The Labute approximate surface area is 113 Å². The first kappa shape index (κ1) is 14.0. The molecule has 1 amide bonds. The van der Waals surface area contributed by atoms with E-state index >= 15 is 0 Å². The molecule has 1 aliphatic heterocycles. The molecule has 3 N–H and O–H groups in total. The summed E-state index contributed by atoms with van der Waals surface area (Å²) in [6.45, 7) is 5.86. The van der Waals surface area contributed by atoms with Crippen LogP contribution in [0, 0.1) is 24.6 Å². The number of amides is 1. The van der Waals surface area contributed by atoms with Crippen LogP contribution in [-0.2, 0) is 4.79 Å². The molecular weight excluding hydrogens is 243 g/mol. The summed E-state index contributed by atoms with van der Waals surface area (Å²) in [4.78, 5) is 11.7. The number of carbonyl (C=O) groups is 1. The Morgan fingerprint density at radius 3 is 2.74 bits per heavy atom. The summed E-state index contributed by atoms with van der Waals surface area (Å²) in [7, 11) is 0. The number of hydrogen-bond donors (Lipinski definition) is 2. The number of piperidine rings is 1. The van der Waals surface area contributed by atoms with Gasteiger partial charge in [-0.2, -0.15) is 0 Å². The van der Waals surface area contributed by atoms with E-state index in [0.717, 1.165) is 12.0 Å². The molecular formula is C15H21FN2O. The third-order valence-corrected chi connectivity index (χ3v) is 4.13. The lowest BCUT2D eigenvalue weighted by molar-refractivity contribution is -0.125. The van der Waals surface area contributed by atoms with Crippen molar-refractivity contribution in [2.24, 2.45) is 17.6 Å². The Balaban J connectivity index is 2.44. The fourth-order valence-corrected chi connectivity index (χ4v) is 3.20. The third kappa shape index (κ3) is 2.63. The third-order valence-electron chi connectivity index (χ3n) is 4.13. The number of benzene rings is 1. The smallest absolute Gasteiger partial charge is 0.222 e. The molecule has 4 atom stereocenters. The maximum absolute atomic E-state index is 13.7. The van der Waals surface area contributed by atoms with Crippen LogP contribution in [0.15, 0.2) is 18.2 Å². The van der Waals surface area contributed by atoms with Crippen LogP contribution in [0.3, 0.4) is 0 Å². The van der Waals surface area contributed by atoms with Gasteiger partial charge in [0.25, 0.3) is 0 Å². The minimum Gasteiger partial charge on any atom is -0.369 e. The molecule has 0 spiro atoms. The van der Waals surface area contributed by atoms with Gasteiger partial charge >= 0.3 is 0 Å². The van der Waals surface area contributed by atoms with Gasteiger partial charge in [0.2, 0.25) is 5.91 Å². The van der Waals surface area contributed by atoms with Gasteiger partial charge in [-0.3, -0.25) is 4.79 Å². The van der Waals surface area contributed by atoms with E-state index in [9.17, 15) is 9.18 Å². The Morgan fingerprint density at radius 1 is 1.42 bits per heavy atom. The zero-order valence-electron chi connectivity index (χ0n) is 11.6. The Kier molecular flexibility index (Phi) is 3.90. The molecule has 1 saturated heterocycles. The lowest BCUT2D eigenvalue weighted by atomic mass is 9.75. The van der Waals surface area contributed by atoms with Crippen molar-refractivity contribution in [3.8, 4) is 0 Å². The number of nitrogens with one attached hydrogen (secondary N) is 1. The average Bonchev–Trinajstić information content (AvgIpc) is 2.31. The molecule has 19 heavy (non-hydrogen) atoms. The van der Waals surface area contributed by atoms with Crippen LogP contribution >= 0.6 is 0 Å². The summed E-state index contributed by atoms with van der Waals surface area (Å²) in [5, 5.41) is 3.40. The van der Waals surface area contributed by atoms with Crippen LogP contribution in [0.1, 0.15) is 37.4 Å². The molecule has 1 aromatic carbocycles. The molecule has 3 nitrogen and oxygen atoms in total. The van der Waals surface area contributed by atoms with Crippen molar-refractivity contribution in [1.82, 2.24) is 5.32 Å². The molecule has 0 bridgehead atoms. The minimum absolute atomic E-state index is 0.196. The van der Waals surface area contributed by atoms with Gasteiger partial charge in [-0.1, -0.05) is 19.1 Å². The van der Waals surface area contributed by atoms with Gasteiger partial charge in [-0.25, -0.2) is 4.39 Å². The van der Waals surface area contributed by atoms with Crippen LogP contribution in [0.5, 0.6) is 0 Å². The number of hydrogen-bond acceptors (Lipinski definition) is 2. The summed E-state index contributed by atoms with van der Waals surface area (Å²) in [5.41, 5.74) is 6.97. The summed E-state index contributed by atoms with van der Waals surface area (Å²) in [5.74, 6) is -0.660. The molecule has 1 fully saturated rings. The summed E-state index contributed by atoms with van der Waals surface area (Å²) >= 11 is 0. The Bertz CT molecular complexity index is 489. The predicted molar refractivity (Wildman–Crippen MR) is 72.9 cm³/mol. The molecule has 0 aromatic heterocycles. The van der Waals surface area contributed by atoms with Crippen LogP contribution < -0.4 is 11.1 Å². The largest absolute Gasteiger partial charge is 0.369 e. The van der Waals surface area contributed by atoms with E-state index in [4.69, 9.17) is 5.73 Å². The number of primary amides is 1. The highest BCUT2D eigenvalue weighted by atomic mass is 19.1. The van der Waals surface area contributed by atoms with Gasteiger partial charge < -0.3 is 11.1 Å². The number of halogens is 1. The molecule has 4 unspecified atom stereocenters. The first-order chi connectivity index (χ1) is 8.91. The maximum atomic E-state index is 13.7.